The van der Waals surface area contributed by atoms with Gasteiger partial charge in [-0.3, -0.25) is 4.98 Å². The van der Waals surface area contributed by atoms with Crippen LogP contribution in [-0.4, -0.2) is 25.1 Å². The van der Waals surface area contributed by atoms with Crippen LogP contribution in [0.5, 0.6) is 0 Å². The summed E-state index contributed by atoms with van der Waals surface area (Å²) in [6.45, 7) is 7.64. The van der Waals surface area contributed by atoms with Crippen LogP contribution in [0.2, 0.25) is 0 Å². The molecular weight excluding hydrogens is 258 g/mol. The number of hydrogen-bond acceptors (Lipinski definition) is 3. The maximum atomic E-state index is 4.31. The lowest BCUT2D eigenvalue weighted by Gasteiger charge is -2.29. The van der Waals surface area contributed by atoms with E-state index in [9.17, 15) is 0 Å². The summed E-state index contributed by atoms with van der Waals surface area (Å²) < 4.78 is 0. The van der Waals surface area contributed by atoms with Crippen molar-refractivity contribution in [3.05, 3.63) is 24.0 Å². The molecular formula is C18H31N3. The van der Waals surface area contributed by atoms with Crippen molar-refractivity contribution in [1.82, 2.24) is 10.3 Å². The molecule has 1 saturated carbocycles. The first kappa shape index (κ1) is 16.3. The molecule has 3 heteroatoms. The van der Waals surface area contributed by atoms with Gasteiger partial charge in [0.25, 0.3) is 0 Å². The summed E-state index contributed by atoms with van der Waals surface area (Å²) in [5.41, 5.74) is 2.66. The first-order valence-corrected chi connectivity index (χ1v) is 8.51. The average Bonchev–Trinajstić information content (AvgIpc) is 2.48. The number of rotatable bonds is 7. The molecule has 21 heavy (non-hydrogen) atoms. The predicted molar refractivity (Wildman–Crippen MR) is 90.6 cm³/mol. The zero-order valence-electron chi connectivity index (χ0n) is 13.9. The molecule has 1 heterocycles. The molecule has 0 atom stereocenters. The number of hydrogen-bond donors (Lipinski definition) is 1. The fourth-order valence-corrected chi connectivity index (χ4v) is 3.28. The van der Waals surface area contributed by atoms with Crippen LogP contribution in [0, 0.1) is 11.8 Å². The summed E-state index contributed by atoms with van der Waals surface area (Å²) in [6, 6.07) is 2.16. The Morgan fingerprint density at radius 3 is 2.76 bits per heavy atom. The molecule has 1 aliphatic rings. The Morgan fingerprint density at radius 2 is 2.05 bits per heavy atom. The van der Waals surface area contributed by atoms with Crippen molar-refractivity contribution in [3.63, 3.8) is 0 Å². The third-order valence-corrected chi connectivity index (χ3v) is 4.41. The van der Waals surface area contributed by atoms with Crippen molar-refractivity contribution in [2.45, 2.75) is 52.5 Å². The van der Waals surface area contributed by atoms with Crippen LogP contribution < -0.4 is 10.2 Å². The maximum Gasteiger partial charge on any atom is 0.0440 e. The molecule has 0 saturated heterocycles. The normalized spacial score (nSPS) is 16.4. The van der Waals surface area contributed by atoms with Gasteiger partial charge in [0.15, 0.2) is 0 Å². The fraction of sp³-hybridized carbons (Fsp3) is 0.722. The lowest BCUT2D eigenvalue weighted by atomic mass is 9.89. The van der Waals surface area contributed by atoms with E-state index in [0.29, 0.717) is 5.92 Å². The molecule has 2 rings (SSSR count). The number of nitrogens with one attached hydrogen (secondary N) is 1. The first-order chi connectivity index (χ1) is 10.2. The minimum Gasteiger partial charge on any atom is -0.374 e. The Hall–Kier alpha value is -1.09. The topological polar surface area (TPSA) is 28.2 Å². The van der Waals surface area contributed by atoms with Crippen LogP contribution in [-0.2, 0) is 6.54 Å². The Labute approximate surface area is 130 Å². The number of anilines is 1. The Kier molecular flexibility index (Phi) is 6.50. The zero-order valence-corrected chi connectivity index (χ0v) is 13.9. The summed E-state index contributed by atoms with van der Waals surface area (Å²) in [5.74, 6) is 1.55. The molecule has 1 aromatic heterocycles. The molecule has 0 spiro atoms. The lowest BCUT2D eigenvalue weighted by molar-refractivity contribution is 0.362. The van der Waals surface area contributed by atoms with Gasteiger partial charge < -0.3 is 10.2 Å². The van der Waals surface area contributed by atoms with Crippen molar-refractivity contribution >= 4 is 5.69 Å². The van der Waals surface area contributed by atoms with Gasteiger partial charge in [-0.05, 0) is 37.3 Å². The summed E-state index contributed by atoms with van der Waals surface area (Å²) in [4.78, 5) is 6.74. The van der Waals surface area contributed by atoms with Crippen LogP contribution in [0.3, 0.4) is 0 Å². The van der Waals surface area contributed by atoms with E-state index < -0.39 is 0 Å². The first-order valence-electron chi connectivity index (χ1n) is 8.51. The van der Waals surface area contributed by atoms with Gasteiger partial charge in [-0.15, -0.1) is 0 Å². The minimum absolute atomic E-state index is 0.685. The van der Waals surface area contributed by atoms with E-state index in [0.717, 1.165) is 19.0 Å². The van der Waals surface area contributed by atoms with E-state index in [1.807, 2.05) is 12.4 Å². The highest BCUT2D eigenvalue weighted by Gasteiger charge is 2.17. The zero-order chi connectivity index (χ0) is 15.1. The average molecular weight is 289 g/mol. The van der Waals surface area contributed by atoms with Gasteiger partial charge >= 0.3 is 0 Å². The summed E-state index contributed by atoms with van der Waals surface area (Å²) in [6.07, 6.45) is 11.0. The molecule has 3 nitrogen and oxygen atoms in total. The van der Waals surface area contributed by atoms with E-state index in [1.165, 1.54) is 49.9 Å². The Morgan fingerprint density at radius 1 is 1.29 bits per heavy atom. The van der Waals surface area contributed by atoms with Gasteiger partial charge in [0.2, 0.25) is 0 Å². The summed E-state index contributed by atoms with van der Waals surface area (Å²) in [7, 11) is 2.23. The second kappa shape index (κ2) is 8.38. The van der Waals surface area contributed by atoms with Crippen LogP contribution in [0.15, 0.2) is 18.5 Å². The Bertz CT molecular complexity index is 411. The minimum atomic E-state index is 0.685. The highest BCUT2D eigenvalue weighted by Crippen LogP contribution is 2.27. The molecule has 1 aromatic rings. The largest absolute Gasteiger partial charge is 0.374 e. The molecule has 0 amide bonds. The van der Waals surface area contributed by atoms with Gasteiger partial charge in [-0.25, -0.2) is 0 Å². The molecule has 1 aliphatic carbocycles. The molecule has 0 aromatic carbocycles. The third-order valence-electron chi connectivity index (χ3n) is 4.41. The molecule has 0 radical (unpaired) electrons. The van der Waals surface area contributed by atoms with Gasteiger partial charge in [0.05, 0.1) is 0 Å². The summed E-state index contributed by atoms with van der Waals surface area (Å²) in [5, 5.41) is 3.53. The number of pyridine rings is 1. The van der Waals surface area contributed by atoms with Crippen molar-refractivity contribution in [2.75, 3.05) is 25.0 Å². The van der Waals surface area contributed by atoms with Crippen LogP contribution in [0.4, 0.5) is 5.69 Å². The smallest absolute Gasteiger partial charge is 0.0440 e. The van der Waals surface area contributed by atoms with Crippen LogP contribution in [0.1, 0.15) is 51.5 Å². The second-order valence-electron chi connectivity index (χ2n) is 6.91. The van der Waals surface area contributed by atoms with E-state index in [4.69, 9.17) is 0 Å². The third kappa shape index (κ3) is 5.31. The monoisotopic (exact) mass is 289 g/mol. The molecule has 118 valence electrons. The lowest BCUT2D eigenvalue weighted by Crippen LogP contribution is -2.28. The van der Waals surface area contributed by atoms with Crippen molar-refractivity contribution < 1.29 is 0 Å². The van der Waals surface area contributed by atoms with Crippen molar-refractivity contribution in [2.24, 2.45) is 11.8 Å². The summed E-state index contributed by atoms with van der Waals surface area (Å²) >= 11 is 0. The maximum absolute atomic E-state index is 4.31. The molecule has 0 unspecified atom stereocenters. The van der Waals surface area contributed by atoms with E-state index in [-0.39, 0.29) is 0 Å². The van der Waals surface area contributed by atoms with E-state index >= 15 is 0 Å². The van der Waals surface area contributed by atoms with E-state index in [2.05, 4.69) is 42.2 Å². The molecule has 1 N–H and O–H groups in total. The highest BCUT2D eigenvalue weighted by molar-refractivity contribution is 5.51. The number of aromatic nitrogens is 1. The highest BCUT2D eigenvalue weighted by atomic mass is 15.1. The van der Waals surface area contributed by atoms with Gasteiger partial charge in [0, 0.05) is 43.8 Å². The second-order valence-corrected chi connectivity index (χ2v) is 6.91. The molecule has 0 bridgehead atoms. The predicted octanol–water partition coefficient (Wildman–Crippen LogP) is 3.84. The van der Waals surface area contributed by atoms with Crippen LogP contribution in [0.25, 0.3) is 0 Å². The van der Waals surface area contributed by atoms with Gasteiger partial charge in [-0.1, -0.05) is 33.1 Å². The van der Waals surface area contributed by atoms with Crippen molar-refractivity contribution in [1.29, 1.82) is 0 Å². The fourth-order valence-electron chi connectivity index (χ4n) is 3.28. The van der Waals surface area contributed by atoms with Crippen molar-refractivity contribution in [3.8, 4) is 0 Å². The quantitative estimate of drug-likeness (QED) is 0.826. The molecule has 1 fully saturated rings. The van der Waals surface area contributed by atoms with Crippen LogP contribution >= 0.6 is 0 Å². The van der Waals surface area contributed by atoms with Gasteiger partial charge in [-0.2, -0.15) is 0 Å². The number of nitrogens with zero attached hydrogens (tertiary/aromatic N) is 2. The SMILES string of the molecule is CC(C)CNCc1cnccc1N(C)CC1CCCCC1. The Balaban J connectivity index is 1.93. The standard InChI is InChI=1S/C18H31N3/c1-15(2)11-20-13-17-12-19-10-9-18(17)21(3)14-16-7-5-4-6-8-16/h9-10,12,15-16,20H,4-8,11,13-14H2,1-3H3. The molecule has 0 aliphatic heterocycles. The van der Waals surface area contributed by atoms with E-state index in [1.54, 1.807) is 0 Å². The van der Waals surface area contributed by atoms with Gasteiger partial charge in [0.1, 0.15) is 0 Å².